The van der Waals surface area contributed by atoms with Crippen LogP contribution in [-0.2, 0) is 9.59 Å². The van der Waals surface area contributed by atoms with Gasteiger partial charge in [0.1, 0.15) is 0 Å². The van der Waals surface area contributed by atoms with E-state index in [1.54, 1.807) is 0 Å². The average Bonchev–Trinajstić information content (AvgIpc) is 2.78. The number of carboxylic acid groups (broad SMARTS) is 1. The monoisotopic (exact) mass is 256 g/mol. The smallest absolute Gasteiger partial charge is 0.303 e. The minimum atomic E-state index is -0.778. The SMILES string of the molecule is CC(C)C1(C(=O)NCCCCC(=O)O)CCNC1. The second kappa shape index (κ2) is 6.73. The molecule has 18 heavy (non-hydrogen) atoms. The Balaban J connectivity index is 2.32. The summed E-state index contributed by atoms with van der Waals surface area (Å²) in [6.07, 6.45) is 2.39. The number of hydrogen-bond donors (Lipinski definition) is 3. The van der Waals surface area contributed by atoms with Gasteiger partial charge < -0.3 is 15.7 Å². The molecule has 1 aliphatic rings. The highest BCUT2D eigenvalue weighted by Crippen LogP contribution is 2.34. The van der Waals surface area contributed by atoms with Gasteiger partial charge in [0.2, 0.25) is 5.91 Å². The molecule has 0 bridgehead atoms. The molecular formula is C13H24N2O3. The molecule has 1 heterocycles. The molecule has 5 heteroatoms. The summed E-state index contributed by atoms with van der Waals surface area (Å²) in [6.45, 7) is 6.37. The zero-order chi connectivity index (χ0) is 13.6. The fourth-order valence-corrected chi connectivity index (χ4v) is 2.44. The molecule has 5 nitrogen and oxygen atoms in total. The molecule has 0 aromatic rings. The normalized spacial score (nSPS) is 23.3. The summed E-state index contributed by atoms with van der Waals surface area (Å²) < 4.78 is 0. The van der Waals surface area contributed by atoms with Gasteiger partial charge in [0.05, 0.1) is 5.41 Å². The number of unbranched alkanes of at least 4 members (excludes halogenated alkanes) is 1. The molecule has 1 unspecified atom stereocenters. The summed E-state index contributed by atoms with van der Waals surface area (Å²) in [5.74, 6) is -0.357. The van der Waals surface area contributed by atoms with E-state index in [0.717, 1.165) is 25.9 Å². The van der Waals surface area contributed by atoms with Crippen molar-refractivity contribution in [1.29, 1.82) is 0 Å². The maximum atomic E-state index is 12.2. The summed E-state index contributed by atoms with van der Waals surface area (Å²) in [5, 5.41) is 14.7. The van der Waals surface area contributed by atoms with Crippen molar-refractivity contribution in [2.45, 2.75) is 39.5 Å². The number of carbonyl (C=O) groups excluding carboxylic acids is 1. The van der Waals surface area contributed by atoms with E-state index < -0.39 is 5.97 Å². The van der Waals surface area contributed by atoms with Crippen LogP contribution >= 0.6 is 0 Å². The van der Waals surface area contributed by atoms with Crippen molar-refractivity contribution in [3.05, 3.63) is 0 Å². The molecule has 1 fully saturated rings. The third-order valence-electron chi connectivity index (χ3n) is 3.85. The quantitative estimate of drug-likeness (QED) is 0.594. The zero-order valence-corrected chi connectivity index (χ0v) is 11.3. The van der Waals surface area contributed by atoms with Crippen LogP contribution in [0.2, 0.25) is 0 Å². The van der Waals surface area contributed by atoms with Crippen molar-refractivity contribution in [1.82, 2.24) is 10.6 Å². The minimum absolute atomic E-state index is 0.109. The van der Waals surface area contributed by atoms with Gasteiger partial charge in [-0.05, 0) is 31.7 Å². The van der Waals surface area contributed by atoms with Crippen LogP contribution in [0.25, 0.3) is 0 Å². The van der Waals surface area contributed by atoms with Crippen LogP contribution < -0.4 is 10.6 Å². The van der Waals surface area contributed by atoms with E-state index in [1.807, 2.05) is 0 Å². The summed E-state index contributed by atoms with van der Waals surface area (Å²) in [7, 11) is 0. The fourth-order valence-electron chi connectivity index (χ4n) is 2.44. The number of carbonyl (C=O) groups is 2. The number of rotatable bonds is 7. The van der Waals surface area contributed by atoms with Gasteiger partial charge in [-0.1, -0.05) is 13.8 Å². The lowest BCUT2D eigenvalue weighted by atomic mass is 9.75. The maximum Gasteiger partial charge on any atom is 0.303 e. The lowest BCUT2D eigenvalue weighted by molar-refractivity contribution is -0.137. The predicted molar refractivity (Wildman–Crippen MR) is 69.3 cm³/mol. The van der Waals surface area contributed by atoms with Crippen LogP contribution in [0.5, 0.6) is 0 Å². The molecule has 0 spiro atoms. The second-order valence-electron chi connectivity index (χ2n) is 5.34. The first kappa shape index (κ1) is 15.0. The first-order chi connectivity index (χ1) is 8.49. The van der Waals surface area contributed by atoms with Gasteiger partial charge in [0.25, 0.3) is 0 Å². The van der Waals surface area contributed by atoms with Crippen LogP contribution in [0, 0.1) is 11.3 Å². The average molecular weight is 256 g/mol. The first-order valence-corrected chi connectivity index (χ1v) is 6.70. The van der Waals surface area contributed by atoms with Crippen molar-refractivity contribution in [2.24, 2.45) is 11.3 Å². The molecule has 1 rings (SSSR count). The van der Waals surface area contributed by atoms with E-state index in [-0.39, 0.29) is 17.7 Å². The van der Waals surface area contributed by atoms with Crippen LogP contribution in [0.3, 0.4) is 0 Å². The van der Waals surface area contributed by atoms with Gasteiger partial charge in [0, 0.05) is 19.5 Å². The summed E-state index contributed by atoms with van der Waals surface area (Å²) in [6, 6.07) is 0. The van der Waals surface area contributed by atoms with Crippen LogP contribution in [0.4, 0.5) is 0 Å². The van der Waals surface area contributed by atoms with Crippen molar-refractivity contribution in [3.8, 4) is 0 Å². The van der Waals surface area contributed by atoms with E-state index in [9.17, 15) is 9.59 Å². The molecule has 1 aliphatic heterocycles. The molecular weight excluding hydrogens is 232 g/mol. The standard InChI is InChI=1S/C13H24N2O3/c1-10(2)13(6-8-14-9-13)12(18)15-7-4-3-5-11(16)17/h10,14H,3-9H2,1-2H3,(H,15,18)(H,16,17). The molecule has 0 aromatic heterocycles. The number of hydrogen-bond acceptors (Lipinski definition) is 3. The zero-order valence-electron chi connectivity index (χ0n) is 11.3. The molecule has 1 saturated heterocycles. The first-order valence-electron chi connectivity index (χ1n) is 6.70. The Labute approximate surface area is 108 Å². The van der Waals surface area contributed by atoms with Crippen molar-refractivity contribution < 1.29 is 14.7 Å². The van der Waals surface area contributed by atoms with Gasteiger partial charge in [-0.3, -0.25) is 9.59 Å². The maximum absolute atomic E-state index is 12.2. The lowest BCUT2D eigenvalue weighted by Crippen LogP contribution is -2.46. The molecule has 1 amide bonds. The van der Waals surface area contributed by atoms with Crippen molar-refractivity contribution in [3.63, 3.8) is 0 Å². The molecule has 0 radical (unpaired) electrons. The number of amides is 1. The molecule has 0 aliphatic carbocycles. The third kappa shape index (κ3) is 3.70. The Kier molecular flexibility index (Phi) is 5.59. The molecule has 0 saturated carbocycles. The number of aliphatic carboxylic acids is 1. The Morgan fingerprint density at radius 3 is 2.61 bits per heavy atom. The molecule has 104 valence electrons. The van der Waals surface area contributed by atoms with Gasteiger partial charge in [-0.25, -0.2) is 0 Å². The highest BCUT2D eigenvalue weighted by Gasteiger charge is 2.43. The van der Waals surface area contributed by atoms with E-state index in [2.05, 4.69) is 24.5 Å². The van der Waals surface area contributed by atoms with Gasteiger partial charge in [-0.15, -0.1) is 0 Å². The Hall–Kier alpha value is -1.10. The third-order valence-corrected chi connectivity index (χ3v) is 3.85. The van der Waals surface area contributed by atoms with E-state index in [4.69, 9.17) is 5.11 Å². The van der Waals surface area contributed by atoms with Crippen LogP contribution in [0.1, 0.15) is 39.5 Å². The molecule has 3 N–H and O–H groups in total. The highest BCUT2D eigenvalue weighted by molar-refractivity contribution is 5.83. The van der Waals surface area contributed by atoms with Gasteiger partial charge in [0.15, 0.2) is 0 Å². The fraction of sp³-hybridized carbons (Fsp3) is 0.846. The van der Waals surface area contributed by atoms with E-state index in [0.29, 0.717) is 18.9 Å². The molecule has 0 aromatic carbocycles. The highest BCUT2D eigenvalue weighted by atomic mass is 16.4. The number of carboxylic acids is 1. The summed E-state index contributed by atoms with van der Waals surface area (Å²) in [4.78, 5) is 22.6. The van der Waals surface area contributed by atoms with E-state index >= 15 is 0 Å². The predicted octanol–water partition coefficient (Wildman–Crippen LogP) is 0.993. The Morgan fingerprint density at radius 2 is 2.11 bits per heavy atom. The van der Waals surface area contributed by atoms with E-state index in [1.165, 1.54) is 0 Å². The summed E-state index contributed by atoms with van der Waals surface area (Å²) in [5.41, 5.74) is -0.285. The lowest BCUT2D eigenvalue weighted by Gasteiger charge is -2.31. The Bertz CT molecular complexity index is 297. The molecule has 1 atom stereocenters. The number of nitrogens with one attached hydrogen (secondary N) is 2. The largest absolute Gasteiger partial charge is 0.481 e. The minimum Gasteiger partial charge on any atom is -0.481 e. The van der Waals surface area contributed by atoms with Gasteiger partial charge >= 0.3 is 5.97 Å². The van der Waals surface area contributed by atoms with Gasteiger partial charge in [-0.2, -0.15) is 0 Å². The second-order valence-corrected chi connectivity index (χ2v) is 5.34. The Morgan fingerprint density at radius 1 is 1.39 bits per heavy atom. The van der Waals surface area contributed by atoms with Crippen LogP contribution in [0.15, 0.2) is 0 Å². The topological polar surface area (TPSA) is 78.4 Å². The summed E-state index contributed by atoms with van der Waals surface area (Å²) >= 11 is 0. The van der Waals surface area contributed by atoms with Crippen LogP contribution in [-0.4, -0.2) is 36.6 Å². The van der Waals surface area contributed by atoms with Crippen molar-refractivity contribution >= 4 is 11.9 Å². The van der Waals surface area contributed by atoms with Crippen molar-refractivity contribution in [2.75, 3.05) is 19.6 Å².